The van der Waals surface area contributed by atoms with E-state index >= 15 is 0 Å². The van der Waals surface area contributed by atoms with E-state index in [0.29, 0.717) is 12.1 Å². The third kappa shape index (κ3) is 3.55. The highest BCUT2D eigenvalue weighted by atomic mass is 16.2. The van der Waals surface area contributed by atoms with E-state index in [0.717, 1.165) is 11.1 Å². The van der Waals surface area contributed by atoms with E-state index in [4.69, 9.17) is 0 Å². The molecule has 0 radical (unpaired) electrons. The van der Waals surface area contributed by atoms with Crippen molar-refractivity contribution in [3.05, 3.63) is 47.5 Å². The van der Waals surface area contributed by atoms with Crippen LogP contribution in [0.2, 0.25) is 0 Å². The number of rotatable bonds is 5. The average Bonchev–Trinajstić information content (AvgIpc) is 2.31. The predicted molar refractivity (Wildman–Crippen MR) is 72.7 cm³/mol. The molecule has 18 heavy (non-hydrogen) atoms. The van der Waals surface area contributed by atoms with Crippen molar-refractivity contribution < 1.29 is 9.59 Å². The lowest BCUT2D eigenvalue weighted by atomic mass is 10.0. The summed E-state index contributed by atoms with van der Waals surface area (Å²) in [6, 6.07) is 5.59. The molecule has 0 heterocycles. The molecule has 1 amide bonds. The maximum Gasteiger partial charge on any atom is 0.220 e. The molecule has 0 fully saturated rings. The highest BCUT2D eigenvalue weighted by Crippen LogP contribution is 2.11. The van der Waals surface area contributed by atoms with E-state index in [9.17, 15) is 9.59 Å². The van der Waals surface area contributed by atoms with E-state index in [1.165, 1.54) is 11.8 Å². The van der Waals surface area contributed by atoms with Crippen LogP contribution in [0.15, 0.2) is 30.9 Å². The molecule has 0 aliphatic carbocycles. The second-order valence-corrected chi connectivity index (χ2v) is 4.41. The third-order valence-corrected chi connectivity index (χ3v) is 2.96. The summed E-state index contributed by atoms with van der Waals surface area (Å²) in [7, 11) is 0. The molecule has 0 aromatic heterocycles. The molecule has 0 N–H and O–H groups in total. The summed E-state index contributed by atoms with van der Waals surface area (Å²) in [5, 5.41) is 0. The minimum atomic E-state index is -0.118. The van der Waals surface area contributed by atoms with Crippen LogP contribution >= 0.6 is 0 Å². The van der Waals surface area contributed by atoms with Gasteiger partial charge in [-0.1, -0.05) is 18.2 Å². The lowest BCUT2D eigenvalue weighted by molar-refractivity contribution is -0.127. The Kier molecular flexibility index (Phi) is 4.84. The maximum absolute atomic E-state index is 12.1. The van der Waals surface area contributed by atoms with E-state index in [-0.39, 0.29) is 18.2 Å². The Morgan fingerprint density at radius 2 is 1.94 bits per heavy atom. The molecular weight excluding hydrogens is 226 g/mol. The van der Waals surface area contributed by atoms with Crippen molar-refractivity contribution in [1.29, 1.82) is 0 Å². The van der Waals surface area contributed by atoms with Crippen LogP contribution in [-0.2, 0) is 4.79 Å². The van der Waals surface area contributed by atoms with Gasteiger partial charge in [-0.3, -0.25) is 9.59 Å². The number of hydrogen-bond acceptors (Lipinski definition) is 2. The number of benzene rings is 1. The molecular formula is C15H19NO2. The van der Waals surface area contributed by atoms with Gasteiger partial charge in [0.15, 0.2) is 5.78 Å². The van der Waals surface area contributed by atoms with Gasteiger partial charge < -0.3 is 4.90 Å². The molecule has 0 atom stereocenters. The number of hydrogen-bond donors (Lipinski definition) is 0. The van der Waals surface area contributed by atoms with Crippen LogP contribution in [0.4, 0.5) is 0 Å². The summed E-state index contributed by atoms with van der Waals surface area (Å²) in [5.74, 6) is -0.165. The Morgan fingerprint density at radius 1 is 1.28 bits per heavy atom. The second kappa shape index (κ2) is 6.15. The molecule has 3 heteroatoms. The van der Waals surface area contributed by atoms with Crippen LogP contribution in [0, 0.1) is 13.8 Å². The van der Waals surface area contributed by atoms with Gasteiger partial charge in [-0.2, -0.15) is 0 Å². The molecule has 1 aromatic carbocycles. The summed E-state index contributed by atoms with van der Waals surface area (Å²) >= 11 is 0. The van der Waals surface area contributed by atoms with Crippen molar-refractivity contribution in [1.82, 2.24) is 4.90 Å². The van der Waals surface area contributed by atoms with E-state index in [1.807, 2.05) is 26.0 Å². The van der Waals surface area contributed by atoms with Crippen molar-refractivity contribution in [2.24, 2.45) is 0 Å². The zero-order valence-electron chi connectivity index (χ0n) is 11.2. The van der Waals surface area contributed by atoms with E-state index in [2.05, 4.69) is 6.58 Å². The van der Waals surface area contributed by atoms with Gasteiger partial charge in [-0.05, 0) is 31.0 Å². The third-order valence-electron chi connectivity index (χ3n) is 2.96. The molecule has 96 valence electrons. The Labute approximate surface area is 108 Å². The molecule has 0 aliphatic heterocycles. The lowest BCUT2D eigenvalue weighted by Gasteiger charge is -2.18. The summed E-state index contributed by atoms with van der Waals surface area (Å²) in [6.45, 7) is 9.51. The highest BCUT2D eigenvalue weighted by molar-refractivity contribution is 5.99. The van der Waals surface area contributed by atoms with Gasteiger partial charge in [-0.25, -0.2) is 0 Å². The van der Waals surface area contributed by atoms with Gasteiger partial charge in [-0.15, -0.1) is 6.58 Å². The fraction of sp³-hybridized carbons (Fsp3) is 0.333. The van der Waals surface area contributed by atoms with Crippen LogP contribution < -0.4 is 0 Å². The lowest BCUT2D eigenvalue weighted by Crippen LogP contribution is -2.34. The van der Waals surface area contributed by atoms with Crippen LogP contribution in [0.1, 0.15) is 28.4 Å². The number of carbonyl (C=O) groups excluding carboxylic acids is 2. The van der Waals surface area contributed by atoms with Crippen molar-refractivity contribution in [3.63, 3.8) is 0 Å². The summed E-state index contributed by atoms with van der Waals surface area (Å²) in [4.78, 5) is 24.9. The van der Waals surface area contributed by atoms with Crippen LogP contribution in [0.5, 0.6) is 0 Å². The molecule has 0 spiro atoms. The summed E-state index contributed by atoms with van der Waals surface area (Å²) < 4.78 is 0. The van der Waals surface area contributed by atoms with Crippen molar-refractivity contribution >= 4 is 11.7 Å². The van der Waals surface area contributed by atoms with Gasteiger partial charge in [0.05, 0.1) is 6.54 Å². The monoisotopic (exact) mass is 245 g/mol. The maximum atomic E-state index is 12.1. The fourth-order valence-corrected chi connectivity index (χ4v) is 1.64. The van der Waals surface area contributed by atoms with E-state index in [1.54, 1.807) is 12.1 Å². The summed E-state index contributed by atoms with van der Waals surface area (Å²) in [5.41, 5.74) is 2.88. The van der Waals surface area contributed by atoms with Gasteiger partial charge >= 0.3 is 0 Å². The molecule has 3 nitrogen and oxygen atoms in total. The first-order valence-electron chi connectivity index (χ1n) is 5.92. The first-order valence-corrected chi connectivity index (χ1v) is 5.92. The number of ketones is 1. The van der Waals surface area contributed by atoms with Crippen LogP contribution in [0.3, 0.4) is 0 Å². The first kappa shape index (κ1) is 14.2. The Hall–Kier alpha value is -1.90. The topological polar surface area (TPSA) is 37.4 Å². The smallest absolute Gasteiger partial charge is 0.220 e. The van der Waals surface area contributed by atoms with Crippen LogP contribution in [-0.4, -0.2) is 29.7 Å². The molecule has 1 rings (SSSR count). The van der Waals surface area contributed by atoms with Crippen molar-refractivity contribution in [3.8, 4) is 0 Å². The highest BCUT2D eigenvalue weighted by Gasteiger charge is 2.14. The van der Waals surface area contributed by atoms with Gasteiger partial charge in [0.1, 0.15) is 0 Å². The summed E-state index contributed by atoms with van der Waals surface area (Å²) in [6.07, 6.45) is 1.62. The molecule has 0 aliphatic rings. The van der Waals surface area contributed by atoms with Gasteiger partial charge in [0.2, 0.25) is 5.91 Å². The standard InChI is InChI=1S/C15H19NO2/c1-5-8-16(13(4)17)10-15(18)14-7-6-11(2)12(3)9-14/h5-7,9H,1,8,10H2,2-4H3. The number of carbonyl (C=O) groups is 2. The normalized spacial score (nSPS) is 9.94. The van der Waals surface area contributed by atoms with Crippen molar-refractivity contribution in [2.45, 2.75) is 20.8 Å². The first-order chi connectivity index (χ1) is 8.45. The largest absolute Gasteiger partial charge is 0.332 e. The predicted octanol–water partition coefficient (Wildman–Crippen LogP) is 2.52. The molecule has 0 bridgehead atoms. The Morgan fingerprint density at radius 3 is 2.44 bits per heavy atom. The number of nitrogens with zero attached hydrogens (tertiary/aromatic N) is 1. The van der Waals surface area contributed by atoms with Crippen LogP contribution in [0.25, 0.3) is 0 Å². The Balaban J connectivity index is 2.83. The SMILES string of the molecule is C=CCN(CC(=O)c1ccc(C)c(C)c1)C(C)=O. The Bertz CT molecular complexity index is 477. The molecule has 1 aromatic rings. The number of amides is 1. The number of aryl methyl sites for hydroxylation is 2. The second-order valence-electron chi connectivity index (χ2n) is 4.41. The zero-order valence-corrected chi connectivity index (χ0v) is 11.2. The fourth-order valence-electron chi connectivity index (χ4n) is 1.64. The molecule has 0 saturated carbocycles. The average molecular weight is 245 g/mol. The minimum Gasteiger partial charge on any atom is -0.332 e. The zero-order chi connectivity index (χ0) is 13.7. The van der Waals surface area contributed by atoms with E-state index < -0.39 is 0 Å². The van der Waals surface area contributed by atoms with Gasteiger partial charge in [0, 0.05) is 19.0 Å². The minimum absolute atomic E-state index is 0.0462. The quantitative estimate of drug-likeness (QED) is 0.590. The van der Waals surface area contributed by atoms with Crippen molar-refractivity contribution in [2.75, 3.05) is 13.1 Å². The van der Waals surface area contributed by atoms with Gasteiger partial charge in [0.25, 0.3) is 0 Å². The molecule has 0 saturated heterocycles. The molecule has 0 unspecified atom stereocenters. The number of Topliss-reactive ketones (excluding diaryl/α,β-unsaturated/α-hetero) is 1.